The second-order valence-electron chi connectivity index (χ2n) is 2.18. The normalized spacial score (nSPS) is 37.9. The van der Waals surface area contributed by atoms with Crippen molar-refractivity contribution < 1.29 is 0 Å². The van der Waals surface area contributed by atoms with Gasteiger partial charge in [0.25, 0.3) is 0 Å². The molecule has 1 saturated carbocycles. The lowest BCUT2D eigenvalue weighted by Crippen LogP contribution is -2.00. The molecule has 0 aromatic carbocycles. The van der Waals surface area contributed by atoms with Crippen LogP contribution in [0.1, 0.15) is 12.8 Å². The van der Waals surface area contributed by atoms with Crippen molar-refractivity contribution in [3.05, 3.63) is 12.7 Å². The predicted octanol–water partition coefficient (Wildman–Crippen LogP) is 0.910. The maximum absolute atomic E-state index is 5.50. The summed E-state index contributed by atoms with van der Waals surface area (Å²) in [6, 6.07) is 0.498. The Morgan fingerprint density at radius 2 is 2.43 bits per heavy atom. The van der Waals surface area contributed by atoms with E-state index < -0.39 is 0 Å². The molecule has 0 bridgehead atoms. The van der Waals surface area contributed by atoms with E-state index in [1.54, 1.807) is 0 Å². The zero-order valence-electron chi connectivity index (χ0n) is 4.43. The van der Waals surface area contributed by atoms with Crippen molar-refractivity contribution in [3.63, 3.8) is 0 Å². The summed E-state index contributed by atoms with van der Waals surface area (Å²) in [7, 11) is 0. The maximum Gasteiger partial charge on any atom is 0.00740 e. The second kappa shape index (κ2) is 1.66. The number of rotatable bonds is 2. The van der Waals surface area contributed by atoms with E-state index in [1.165, 1.54) is 6.42 Å². The zero-order chi connectivity index (χ0) is 5.28. The summed E-state index contributed by atoms with van der Waals surface area (Å²) in [6.07, 6.45) is 4.27. The number of allylic oxidation sites excluding steroid dienone is 1. The molecular weight excluding hydrogens is 86.1 g/mol. The highest BCUT2D eigenvalue weighted by atomic mass is 14.7. The van der Waals surface area contributed by atoms with E-state index in [0.717, 1.165) is 12.3 Å². The van der Waals surface area contributed by atoms with Crippen LogP contribution in [0.5, 0.6) is 0 Å². The molecule has 40 valence electrons. The topological polar surface area (TPSA) is 26.0 Å². The first-order valence-corrected chi connectivity index (χ1v) is 2.71. The van der Waals surface area contributed by atoms with Crippen LogP contribution in [0.15, 0.2) is 12.7 Å². The molecule has 1 unspecified atom stereocenters. The van der Waals surface area contributed by atoms with Crippen LogP contribution in [-0.4, -0.2) is 6.04 Å². The standard InChI is InChI=1S/C6H11N/c1-2-3-5-4-6(5)7/h2,5-6H,1,3-4,7H2/t5?,6-/m0/s1. The quantitative estimate of drug-likeness (QED) is 0.509. The van der Waals surface area contributed by atoms with E-state index in [4.69, 9.17) is 5.73 Å². The van der Waals surface area contributed by atoms with E-state index in [1.807, 2.05) is 6.08 Å². The number of hydrogen-bond donors (Lipinski definition) is 1. The Bertz CT molecular complexity index is 78.2. The van der Waals surface area contributed by atoms with Crippen LogP contribution in [0.25, 0.3) is 0 Å². The fraction of sp³-hybridized carbons (Fsp3) is 0.667. The van der Waals surface area contributed by atoms with Gasteiger partial charge in [-0.2, -0.15) is 0 Å². The molecule has 1 heteroatoms. The van der Waals surface area contributed by atoms with Crippen molar-refractivity contribution in [2.75, 3.05) is 0 Å². The van der Waals surface area contributed by atoms with E-state index >= 15 is 0 Å². The largest absolute Gasteiger partial charge is 0.327 e. The van der Waals surface area contributed by atoms with Gasteiger partial charge < -0.3 is 5.73 Å². The average molecular weight is 97.2 g/mol. The van der Waals surface area contributed by atoms with Crippen LogP contribution in [0, 0.1) is 5.92 Å². The van der Waals surface area contributed by atoms with Gasteiger partial charge in [0.1, 0.15) is 0 Å². The summed E-state index contributed by atoms with van der Waals surface area (Å²) in [6.45, 7) is 3.62. The van der Waals surface area contributed by atoms with Crippen LogP contribution in [0.2, 0.25) is 0 Å². The summed E-state index contributed by atoms with van der Waals surface area (Å²) in [5.41, 5.74) is 5.50. The molecule has 1 aliphatic carbocycles. The molecule has 0 aromatic heterocycles. The SMILES string of the molecule is C=CCC1C[C@@H]1N. The summed E-state index contributed by atoms with van der Waals surface area (Å²) < 4.78 is 0. The maximum atomic E-state index is 5.50. The summed E-state index contributed by atoms with van der Waals surface area (Å²) in [5.74, 6) is 0.775. The molecule has 1 aliphatic rings. The third kappa shape index (κ3) is 1.03. The highest BCUT2D eigenvalue weighted by Gasteiger charge is 2.31. The number of nitrogens with two attached hydrogens (primary N) is 1. The summed E-state index contributed by atoms with van der Waals surface area (Å²) in [5, 5.41) is 0. The van der Waals surface area contributed by atoms with Gasteiger partial charge in [-0.1, -0.05) is 6.08 Å². The van der Waals surface area contributed by atoms with Gasteiger partial charge in [0.05, 0.1) is 0 Å². The highest BCUT2D eigenvalue weighted by Crippen LogP contribution is 2.30. The Balaban J connectivity index is 2.08. The van der Waals surface area contributed by atoms with Crippen molar-refractivity contribution in [1.29, 1.82) is 0 Å². The molecule has 7 heavy (non-hydrogen) atoms. The lowest BCUT2D eigenvalue weighted by Gasteiger charge is -1.82. The molecular formula is C6H11N. The molecule has 1 fully saturated rings. The van der Waals surface area contributed by atoms with Crippen LogP contribution in [0.3, 0.4) is 0 Å². The van der Waals surface area contributed by atoms with Gasteiger partial charge in [-0.3, -0.25) is 0 Å². The molecule has 0 spiro atoms. The molecule has 1 nitrogen and oxygen atoms in total. The molecule has 0 aliphatic heterocycles. The first-order valence-electron chi connectivity index (χ1n) is 2.71. The van der Waals surface area contributed by atoms with Crippen LogP contribution < -0.4 is 5.73 Å². The van der Waals surface area contributed by atoms with Gasteiger partial charge in [-0.25, -0.2) is 0 Å². The minimum atomic E-state index is 0.498. The Hall–Kier alpha value is -0.300. The fourth-order valence-corrected chi connectivity index (χ4v) is 0.756. The first-order chi connectivity index (χ1) is 3.34. The van der Waals surface area contributed by atoms with Crippen molar-refractivity contribution in [2.45, 2.75) is 18.9 Å². The van der Waals surface area contributed by atoms with Crippen molar-refractivity contribution >= 4 is 0 Å². The zero-order valence-corrected chi connectivity index (χ0v) is 4.43. The smallest absolute Gasteiger partial charge is 0.00740 e. The van der Waals surface area contributed by atoms with E-state index in [2.05, 4.69) is 6.58 Å². The van der Waals surface area contributed by atoms with Gasteiger partial charge in [-0.15, -0.1) is 6.58 Å². The monoisotopic (exact) mass is 97.1 g/mol. The molecule has 0 heterocycles. The molecule has 0 amide bonds. The highest BCUT2D eigenvalue weighted by molar-refractivity contribution is 4.93. The van der Waals surface area contributed by atoms with Gasteiger partial charge in [0, 0.05) is 6.04 Å². The minimum absolute atomic E-state index is 0.498. The molecule has 1 rings (SSSR count). The lowest BCUT2D eigenvalue weighted by atomic mass is 10.3. The third-order valence-corrected chi connectivity index (χ3v) is 1.45. The molecule has 0 aromatic rings. The van der Waals surface area contributed by atoms with Crippen LogP contribution >= 0.6 is 0 Å². The number of hydrogen-bond acceptors (Lipinski definition) is 1. The van der Waals surface area contributed by atoms with Gasteiger partial charge in [0.2, 0.25) is 0 Å². The van der Waals surface area contributed by atoms with E-state index in [9.17, 15) is 0 Å². The molecule has 0 saturated heterocycles. The second-order valence-corrected chi connectivity index (χ2v) is 2.18. The van der Waals surface area contributed by atoms with Crippen molar-refractivity contribution in [1.82, 2.24) is 0 Å². The van der Waals surface area contributed by atoms with Crippen LogP contribution in [-0.2, 0) is 0 Å². The van der Waals surface area contributed by atoms with Gasteiger partial charge >= 0.3 is 0 Å². The summed E-state index contributed by atoms with van der Waals surface area (Å²) in [4.78, 5) is 0. The first kappa shape index (κ1) is 4.85. The average Bonchev–Trinajstić information content (AvgIpc) is 2.22. The van der Waals surface area contributed by atoms with Crippen molar-refractivity contribution in [2.24, 2.45) is 11.7 Å². The van der Waals surface area contributed by atoms with Gasteiger partial charge in [-0.05, 0) is 18.8 Å². The lowest BCUT2D eigenvalue weighted by molar-refractivity contribution is 0.811. The van der Waals surface area contributed by atoms with E-state index in [0.29, 0.717) is 6.04 Å². The molecule has 2 N–H and O–H groups in total. The Morgan fingerprint density at radius 3 is 2.57 bits per heavy atom. The van der Waals surface area contributed by atoms with Gasteiger partial charge in [0.15, 0.2) is 0 Å². The van der Waals surface area contributed by atoms with Crippen LogP contribution in [0.4, 0.5) is 0 Å². The third-order valence-electron chi connectivity index (χ3n) is 1.45. The molecule has 0 radical (unpaired) electrons. The summed E-state index contributed by atoms with van der Waals surface area (Å²) >= 11 is 0. The Kier molecular flexibility index (Phi) is 1.15. The van der Waals surface area contributed by atoms with E-state index in [-0.39, 0.29) is 0 Å². The molecule has 2 atom stereocenters. The Labute approximate surface area is 44.2 Å². The predicted molar refractivity (Wildman–Crippen MR) is 30.9 cm³/mol. The van der Waals surface area contributed by atoms with Crippen molar-refractivity contribution in [3.8, 4) is 0 Å². The minimum Gasteiger partial charge on any atom is -0.327 e. The fourth-order valence-electron chi connectivity index (χ4n) is 0.756. The Morgan fingerprint density at radius 1 is 1.86 bits per heavy atom.